The van der Waals surface area contributed by atoms with Gasteiger partial charge in [-0.1, -0.05) is 6.92 Å². The average molecular weight is 250 g/mol. The van der Waals surface area contributed by atoms with E-state index < -0.39 is 6.10 Å². The summed E-state index contributed by atoms with van der Waals surface area (Å²) in [7, 11) is 2.05. The number of anilines is 1. The van der Waals surface area contributed by atoms with Gasteiger partial charge in [-0.2, -0.15) is 0 Å². The fraction of sp³-hybridized carbons (Fsp3) is 0.643. The molecule has 0 aromatic carbocycles. The summed E-state index contributed by atoms with van der Waals surface area (Å²) < 4.78 is 5.62. The van der Waals surface area contributed by atoms with E-state index in [0.717, 1.165) is 31.0 Å². The number of likely N-dealkylation sites (N-methyl/N-ethyl adjacent to an activating group) is 1. The van der Waals surface area contributed by atoms with Gasteiger partial charge in [-0.15, -0.1) is 0 Å². The lowest BCUT2D eigenvalue weighted by Crippen LogP contribution is -2.28. The van der Waals surface area contributed by atoms with E-state index in [0.29, 0.717) is 12.5 Å². The Bertz CT molecular complexity index is 361. The predicted molar refractivity (Wildman–Crippen MR) is 71.7 cm³/mol. The first-order valence-corrected chi connectivity index (χ1v) is 6.67. The zero-order valence-electron chi connectivity index (χ0n) is 11.2. The molecule has 1 aromatic rings. The van der Waals surface area contributed by atoms with Gasteiger partial charge in [-0.25, -0.2) is 0 Å². The molecule has 0 aliphatic carbocycles. The first kappa shape index (κ1) is 13.3. The molecule has 4 nitrogen and oxygen atoms in total. The molecule has 18 heavy (non-hydrogen) atoms. The van der Waals surface area contributed by atoms with Gasteiger partial charge in [0.25, 0.3) is 0 Å². The quantitative estimate of drug-likeness (QED) is 0.869. The molecule has 4 heteroatoms. The summed E-state index contributed by atoms with van der Waals surface area (Å²) in [6.45, 7) is 3.74. The van der Waals surface area contributed by atoms with Gasteiger partial charge >= 0.3 is 0 Å². The standard InChI is InChI=1S/C14H22N2O2/c1-3-14(17)13-7-6-11(9-15-13)16(2)10-12-5-4-8-18-12/h6-7,9,12,14,17H,3-5,8,10H2,1-2H3/t12?,14-/m1/s1. The minimum absolute atomic E-state index is 0.343. The molecular formula is C14H22N2O2. The van der Waals surface area contributed by atoms with Gasteiger partial charge < -0.3 is 14.7 Å². The smallest absolute Gasteiger partial charge is 0.0957 e. The van der Waals surface area contributed by atoms with Crippen LogP contribution in [0.5, 0.6) is 0 Å². The van der Waals surface area contributed by atoms with E-state index in [9.17, 15) is 5.11 Å². The van der Waals surface area contributed by atoms with Gasteiger partial charge in [0.1, 0.15) is 0 Å². The van der Waals surface area contributed by atoms with Crippen LogP contribution in [0.25, 0.3) is 0 Å². The molecule has 0 saturated carbocycles. The minimum Gasteiger partial charge on any atom is -0.387 e. The van der Waals surface area contributed by atoms with Crippen molar-refractivity contribution in [1.29, 1.82) is 0 Å². The van der Waals surface area contributed by atoms with Crippen LogP contribution >= 0.6 is 0 Å². The van der Waals surface area contributed by atoms with Crippen LogP contribution in [0, 0.1) is 0 Å². The summed E-state index contributed by atoms with van der Waals surface area (Å²) in [4.78, 5) is 6.47. The van der Waals surface area contributed by atoms with Gasteiger partial charge in [-0.3, -0.25) is 4.98 Å². The van der Waals surface area contributed by atoms with Crippen molar-refractivity contribution in [3.63, 3.8) is 0 Å². The summed E-state index contributed by atoms with van der Waals surface area (Å²) in [5.41, 5.74) is 1.81. The van der Waals surface area contributed by atoms with Crippen molar-refractivity contribution in [2.75, 3.05) is 25.1 Å². The zero-order valence-corrected chi connectivity index (χ0v) is 11.2. The molecule has 0 bridgehead atoms. The minimum atomic E-state index is -0.456. The maximum Gasteiger partial charge on any atom is 0.0957 e. The van der Waals surface area contributed by atoms with Crippen molar-refractivity contribution >= 4 is 5.69 Å². The van der Waals surface area contributed by atoms with Crippen LogP contribution in [0.4, 0.5) is 5.69 Å². The molecule has 1 aliphatic heterocycles. The molecule has 1 N–H and O–H groups in total. The monoisotopic (exact) mass is 250 g/mol. The van der Waals surface area contributed by atoms with Crippen LogP contribution in [0.2, 0.25) is 0 Å². The highest BCUT2D eigenvalue weighted by Gasteiger charge is 2.17. The van der Waals surface area contributed by atoms with Crippen LogP contribution in [0.15, 0.2) is 18.3 Å². The SMILES string of the molecule is CC[C@@H](O)c1ccc(N(C)CC2CCCO2)cn1. The van der Waals surface area contributed by atoms with Crippen LogP contribution in [-0.2, 0) is 4.74 Å². The largest absolute Gasteiger partial charge is 0.387 e. The highest BCUT2D eigenvalue weighted by atomic mass is 16.5. The summed E-state index contributed by atoms with van der Waals surface area (Å²) in [5, 5.41) is 9.69. The van der Waals surface area contributed by atoms with Crippen LogP contribution in [0.1, 0.15) is 38.0 Å². The summed E-state index contributed by atoms with van der Waals surface area (Å²) in [5.74, 6) is 0. The number of hydrogen-bond donors (Lipinski definition) is 1. The number of hydrogen-bond acceptors (Lipinski definition) is 4. The van der Waals surface area contributed by atoms with Crippen molar-refractivity contribution in [2.24, 2.45) is 0 Å². The summed E-state index contributed by atoms with van der Waals surface area (Å²) in [6, 6.07) is 3.91. The van der Waals surface area contributed by atoms with Crippen molar-refractivity contribution in [3.05, 3.63) is 24.0 Å². The number of rotatable bonds is 5. The third-order valence-electron chi connectivity index (χ3n) is 3.44. The third-order valence-corrected chi connectivity index (χ3v) is 3.44. The highest BCUT2D eigenvalue weighted by Crippen LogP contribution is 2.19. The van der Waals surface area contributed by atoms with E-state index in [1.165, 1.54) is 6.42 Å². The van der Waals surface area contributed by atoms with Crippen molar-refractivity contribution in [2.45, 2.75) is 38.4 Å². The van der Waals surface area contributed by atoms with Gasteiger partial charge in [0.15, 0.2) is 0 Å². The van der Waals surface area contributed by atoms with Crippen LogP contribution in [0.3, 0.4) is 0 Å². The third kappa shape index (κ3) is 3.21. The van der Waals surface area contributed by atoms with E-state index in [1.54, 1.807) is 0 Å². The van der Waals surface area contributed by atoms with E-state index in [2.05, 4.69) is 16.9 Å². The normalized spacial score (nSPS) is 20.9. The van der Waals surface area contributed by atoms with Crippen molar-refractivity contribution in [3.8, 4) is 0 Å². The Kier molecular flexibility index (Phi) is 4.55. The Morgan fingerprint density at radius 2 is 2.39 bits per heavy atom. The van der Waals surface area contributed by atoms with Gasteiger partial charge in [0.05, 0.1) is 29.8 Å². The van der Waals surface area contributed by atoms with Crippen LogP contribution in [-0.4, -0.2) is 36.4 Å². The maximum absolute atomic E-state index is 9.69. The average Bonchev–Trinajstić information content (AvgIpc) is 2.91. The second-order valence-corrected chi connectivity index (χ2v) is 4.88. The first-order chi connectivity index (χ1) is 8.70. The Morgan fingerprint density at radius 1 is 1.56 bits per heavy atom. The molecule has 0 radical (unpaired) electrons. The Hall–Kier alpha value is -1.13. The Labute approximate surface area is 109 Å². The van der Waals surface area contributed by atoms with Gasteiger partial charge in [0.2, 0.25) is 0 Å². The van der Waals surface area contributed by atoms with Crippen LogP contribution < -0.4 is 4.90 Å². The fourth-order valence-electron chi connectivity index (χ4n) is 2.23. The lowest BCUT2D eigenvalue weighted by atomic mass is 10.2. The molecule has 1 aromatic heterocycles. The molecule has 2 atom stereocenters. The van der Waals surface area contributed by atoms with E-state index in [1.807, 2.05) is 25.3 Å². The number of aliphatic hydroxyl groups is 1. The summed E-state index contributed by atoms with van der Waals surface area (Å²) in [6.07, 6.45) is 4.71. The Morgan fingerprint density at radius 3 is 2.94 bits per heavy atom. The second kappa shape index (κ2) is 6.16. The second-order valence-electron chi connectivity index (χ2n) is 4.88. The lowest BCUT2D eigenvalue weighted by molar-refractivity contribution is 0.116. The van der Waals surface area contributed by atoms with Gasteiger partial charge in [0, 0.05) is 20.2 Å². The topological polar surface area (TPSA) is 45.6 Å². The molecular weight excluding hydrogens is 228 g/mol. The molecule has 1 unspecified atom stereocenters. The fourth-order valence-corrected chi connectivity index (χ4v) is 2.23. The van der Waals surface area contributed by atoms with Gasteiger partial charge in [-0.05, 0) is 31.4 Å². The highest BCUT2D eigenvalue weighted by molar-refractivity contribution is 5.44. The Balaban J connectivity index is 1.95. The van der Waals surface area contributed by atoms with E-state index >= 15 is 0 Å². The molecule has 100 valence electrons. The number of aliphatic hydroxyl groups excluding tert-OH is 1. The molecule has 2 rings (SSSR count). The number of aromatic nitrogens is 1. The van der Waals surface area contributed by atoms with Crippen molar-refractivity contribution in [1.82, 2.24) is 4.98 Å². The molecule has 1 aliphatic rings. The van der Waals surface area contributed by atoms with Crippen molar-refractivity contribution < 1.29 is 9.84 Å². The molecule has 1 fully saturated rings. The lowest BCUT2D eigenvalue weighted by Gasteiger charge is -2.22. The zero-order chi connectivity index (χ0) is 13.0. The molecule has 1 saturated heterocycles. The van der Waals surface area contributed by atoms with E-state index in [-0.39, 0.29) is 0 Å². The van der Waals surface area contributed by atoms with E-state index in [4.69, 9.17) is 4.74 Å². The first-order valence-electron chi connectivity index (χ1n) is 6.67. The summed E-state index contributed by atoms with van der Waals surface area (Å²) >= 11 is 0. The maximum atomic E-state index is 9.69. The predicted octanol–water partition coefficient (Wildman–Crippen LogP) is 2.14. The molecule has 2 heterocycles. The molecule has 0 spiro atoms. The number of nitrogens with zero attached hydrogens (tertiary/aromatic N) is 2. The number of ether oxygens (including phenoxy) is 1. The molecule has 0 amide bonds. The number of pyridine rings is 1.